The fourth-order valence-electron chi connectivity index (χ4n) is 4.10. The second kappa shape index (κ2) is 10.1. The number of amides is 4. The highest BCUT2D eigenvalue weighted by Gasteiger charge is 2.32. The molecule has 0 spiro atoms. The third kappa shape index (κ3) is 5.48. The summed E-state index contributed by atoms with van der Waals surface area (Å²) in [6.45, 7) is 0.467. The molecule has 1 aliphatic heterocycles. The topological polar surface area (TPSA) is 105 Å². The van der Waals surface area contributed by atoms with Crippen molar-refractivity contribution in [3.05, 3.63) is 83.9 Å². The lowest BCUT2D eigenvalue weighted by molar-refractivity contribution is -0.137. The molecule has 0 bridgehead atoms. The smallest absolute Gasteiger partial charge is 0.366 e. The van der Waals surface area contributed by atoms with Crippen molar-refractivity contribution in [3.63, 3.8) is 0 Å². The van der Waals surface area contributed by atoms with Gasteiger partial charge in [0.05, 0.1) is 5.56 Å². The van der Waals surface area contributed by atoms with E-state index in [1.807, 2.05) is 0 Å². The number of halogens is 3. The Hall–Kier alpha value is -4.34. The largest absolute Gasteiger partial charge is 0.416 e. The number of nitrogens with two attached hydrogens (primary N) is 1. The number of anilines is 2. The van der Waals surface area contributed by atoms with Gasteiger partial charge in [-0.25, -0.2) is 4.79 Å². The maximum absolute atomic E-state index is 13.1. The van der Waals surface area contributed by atoms with E-state index < -0.39 is 29.7 Å². The van der Waals surface area contributed by atoms with Crippen LogP contribution < -0.4 is 21.3 Å². The highest BCUT2D eigenvalue weighted by atomic mass is 19.4. The summed E-state index contributed by atoms with van der Waals surface area (Å²) in [5, 5.41) is 5.06. The number of carbonyl (C=O) groups is 3. The fourth-order valence-corrected chi connectivity index (χ4v) is 4.10. The molecule has 4 N–H and O–H groups in total. The molecule has 3 aromatic carbocycles. The van der Waals surface area contributed by atoms with E-state index in [1.165, 1.54) is 0 Å². The Morgan fingerprint density at radius 2 is 1.61 bits per heavy atom. The van der Waals surface area contributed by atoms with Crippen molar-refractivity contribution in [2.75, 3.05) is 16.8 Å². The Kier molecular flexibility index (Phi) is 6.96. The number of benzene rings is 3. The number of hydrogen-bond acceptors (Lipinski definition) is 3. The third-order valence-electron chi connectivity index (χ3n) is 5.90. The molecule has 1 aliphatic rings. The number of primary amides is 1. The molecule has 0 aromatic heterocycles. The van der Waals surface area contributed by atoms with E-state index in [0.717, 1.165) is 29.8 Å². The average molecular weight is 496 g/mol. The van der Waals surface area contributed by atoms with Crippen LogP contribution in [0.3, 0.4) is 0 Å². The first kappa shape index (κ1) is 24.8. The van der Waals surface area contributed by atoms with E-state index in [1.54, 1.807) is 53.4 Å². The summed E-state index contributed by atoms with van der Waals surface area (Å²) in [7, 11) is 0. The van der Waals surface area contributed by atoms with Crippen molar-refractivity contribution >= 4 is 29.2 Å². The highest BCUT2D eigenvalue weighted by molar-refractivity contribution is 6.02. The Balaban J connectivity index is 1.42. The number of hydrogen-bond donors (Lipinski definition) is 3. The summed E-state index contributed by atoms with van der Waals surface area (Å²) in [6, 6.07) is 16.6. The summed E-state index contributed by atoms with van der Waals surface area (Å²) in [6.07, 6.45) is -3.40. The van der Waals surface area contributed by atoms with Gasteiger partial charge in [-0.1, -0.05) is 30.3 Å². The number of alkyl halides is 3. The SMILES string of the molecule is NC(=O)c1ccccc1-c1ccc(N2CCCC(NC(=O)Nc3ccc(C(F)(F)F)cc3)C2=O)cc1. The first-order valence-electron chi connectivity index (χ1n) is 11.2. The van der Waals surface area contributed by atoms with Gasteiger partial charge in [-0.15, -0.1) is 0 Å². The van der Waals surface area contributed by atoms with Gasteiger partial charge in [0.2, 0.25) is 11.8 Å². The van der Waals surface area contributed by atoms with E-state index in [2.05, 4.69) is 10.6 Å². The van der Waals surface area contributed by atoms with Crippen LogP contribution in [0, 0.1) is 0 Å². The van der Waals surface area contributed by atoms with Crippen LogP contribution in [-0.4, -0.2) is 30.4 Å². The molecule has 1 atom stereocenters. The summed E-state index contributed by atoms with van der Waals surface area (Å²) in [4.78, 5) is 38.7. The molecule has 4 rings (SSSR count). The Morgan fingerprint density at radius 1 is 0.944 bits per heavy atom. The van der Waals surface area contributed by atoms with Crippen LogP contribution in [0.5, 0.6) is 0 Å². The minimum Gasteiger partial charge on any atom is -0.366 e. The zero-order valence-electron chi connectivity index (χ0n) is 19.0. The van der Waals surface area contributed by atoms with E-state index in [-0.39, 0.29) is 11.6 Å². The Bertz CT molecular complexity index is 1270. The average Bonchev–Trinajstić information content (AvgIpc) is 2.85. The lowest BCUT2D eigenvalue weighted by atomic mass is 9.98. The minimum atomic E-state index is -4.47. The molecule has 3 aromatic rings. The molecule has 1 heterocycles. The molecule has 186 valence electrons. The van der Waals surface area contributed by atoms with Crippen molar-refractivity contribution < 1.29 is 27.6 Å². The zero-order chi connectivity index (χ0) is 25.9. The normalized spacial score (nSPS) is 15.9. The van der Waals surface area contributed by atoms with Crippen molar-refractivity contribution in [1.82, 2.24) is 5.32 Å². The molecular formula is C26H23F3N4O3. The van der Waals surface area contributed by atoms with Crippen molar-refractivity contribution in [3.8, 4) is 11.1 Å². The predicted molar refractivity (Wildman–Crippen MR) is 129 cm³/mol. The van der Waals surface area contributed by atoms with Crippen LogP contribution >= 0.6 is 0 Å². The molecule has 36 heavy (non-hydrogen) atoms. The summed E-state index contributed by atoms with van der Waals surface area (Å²) < 4.78 is 38.1. The van der Waals surface area contributed by atoms with Crippen LogP contribution in [0.25, 0.3) is 11.1 Å². The van der Waals surface area contributed by atoms with Gasteiger partial charge in [0.15, 0.2) is 0 Å². The molecule has 1 saturated heterocycles. The fraction of sp³-hybridized carbons (Fsp3) is 0.192. The molecule has 4 amide bonds. The van der Waals surface area contributed by atoms with Crippen LogP contribution in [-0.2, 0) is 11.0 Å². The number of carbonyl (C=O) groups excluding carboxylic acids is 3. The van der Waals surface area contributed by atoms with Gasteiger partial charge in [0.25, 0.3) is 0 Å². The van der Waals surface area contributed by atoms with E-state index in [9.17, 15) is 27.6 Å². The maximum atomic E-state index is 13.1. The quantitative estimate of drug-likeness (QED) is 0.473. The van der Waals surface area contributed by atoms with Crippen LogP contribution in [0.15, 0.2) is 72.8 Å². The van der Waals surface area contributed by atoms with Gasteiger partial charge in [-0.2, -0.15) is 13.2 Å². The molecule has 1 fully saturated rings. The molecule has 1 unspecified atom stereocenters. The summed E-state index contributed by atoms with van der Waals surface area (Å²) in [5.74, 6) is -0.835. The highest BCUT2D eigenvalue weighted by Crippen LogP contribution is 2.30. The van der Waals surface area contributed by atoms with Gasteiger partial charge in [0, 0.05) is 23.5 Å². The number of rotatable bonds is 5. The minimum absolute atomic E-state index is 0.174. The first-order chi connectivity index (χ1) is 17.1. The first-order valence-corrected chi connectivity index (χ1v) is 11.2. The summed E-state index contributed by atoms with van der Waals surface area (Å²) in [5.41, 5.74) is 7.29. The molecule has 0 saturated carbocycles. The van der Waals surface area contributed by atoms with Crippen LogP contribution in [0.1, 0.15) is 28.8 Å². The third-order valence-corrected chi connectivity index (χ3v) is 5.90. The van der Waals surface area contributed by atoms with Gasteiger partial charge in [0.1, 0.15) is 6.04 Å². The summed E-state index contributed by atoms with van der Waals surface area (Å²) >= 11 is 0. The Labute approximate surface area is 205 Å². The van der Waals surface area contributed by atoms with Gasteiger partial charge >= 0.3 is 12.2 Å². The molecule has 0 aliphatic carbocycles. The second-order valence-corrected chi connectivity index (χ2v) is 8.31. The van der Waals surface area contributed by atoms with E-state index in [4.69, 9.17) is 5.73 Å². The standard InChI is InChI=1S/C26H23F3N4O3/c27-26(28,29)17-9-11-18(12-10-17)31-25(36)32-22-6-3-15-33(24(22)35)19-13-7-16(8-14-19)20-4-1-2-5-21(20)23(30)34/h1-2,4-5,7-14,22H,3,6,15H2,(H2,30,34)(H2,31,32,36). The van der Waals surface area contributed by atoms with Gasteiger partial charge < -0.3 is 21.3 Å². The zero-order valence-corrected chi connectivity index (χ0v) is 19.0. The number of nitrogens with zero attached hydrogens (tertiary/aromatic N) is 1. The monoisotopic (exact) mass is 496 g/mol. The van der Waals surface area contributed by atoms with Crippen molar-refractivity contribution in [2.24, 2.45) is 5.73 Å². The van der Waals surface area contributed by atoms with Gasteiger partial charge in [-0.05, 0) is 66.4 Å². The predicted octanol–water partition coefficient (Wildman–Crippen LogP) is 4.79. The van der Waals surface area contributed by atoms with Crippen LogP contribution in [0.2, 0.25) is 0 Å². The van der Waals surface area contributed by atoms with E-state index >= 15 is 0 Å². The van der Waals surface area contributed by atoms with Crippen molar-refractivity contribution in [1.29, 1.82) is 0 Å². The number of urea groups is 1. The van der Waals surface area contributed by atoms with Crippen LogP contribution in [0.4, 0.5) is 29.3 Å². The maximum Gasteiger partial charge on any atom is 0.416 e. The van der Waals surface area contributed by atoms with Crippen molar-refractivity contribution in [2.45, 2.75) is 25.1 Å². The lowest BCUT2D eigenvalue weighted by Crippen LogP contribution is -2.53. The number of nitrogens with one attached hydrogen (secondary N) is 2. The lowest BCUT2D eigenvalue weighted by Gasteiger charge is -2.32. The molecule has 7 nitrogen and oxygen atoms in total. The second-order valence-electron chi connectivity index (χ2n) is 8.31. The Morgan fingerprint density at radius 3 is 2.25 bits per heavy atom. The molecule has 0 radical (unpaired) electrons. The van der Waals surface area contributed by atoms with Gasteiger partial charge in [-0.3, -0.25) is 9.59 Å². The van der Waals surface area contributed by atoms with E-state index in [0.29, 0.717) is 36.2 Å². The molecule has 10 heteroatoms. The molecular weight excluding hydrogens is 473 g/mol. The number of piperidine rings is 1.